The molecule has 2 aromatic carbocycles. The smallest absolute Gasteiger partial charge is 0.240 e. The Bertz CT molecular complexity index is 1240. The summed E-state index contributed by atoms with van der Waals surface area (Å²) in [5, 5.41) is 0. The Morgan fingerprint density at radius 1 is 1.06 bits per heavy atom. The van der Waals surface area contributed by atoms with Crippen molar-refractivity contribution < 1.29 is 19.1 Å². The van der Waals surface area contributed by atoms with Gasteiger partial charge in [-0.05, 0) is 29.3 Å². The maximum atomic E-state index is 13.8. The van der Waals surface area contributed by atoms with Crippen molar-refractivity contribution in [1.82, 2.24) is 14.8 Å². The molecule has 3 aromatic rings. The van der Waals surface area contributed by atoms with Gasteiger partial charge in [0.25, 0.3) is 0 Å². The molecule has 3 heterocycles. The quantitative estimate of drug-likeness (QED) is 0.460. The molecule has 0 aliphatic carbocycles. The van der Waals surface area contributed by atoms with Crippen LogP contribution in [0, 0.1) is 0 Å². The van der Waals surface area contributed by atoms with Crippen LogP contribution in [0.3, 0.4) is 0 Å². The highest BCUT2D eigenvalue weighted by Crippen LogP contribution is 2.40. The maximum Gasteiger partial charge on any atom is 0.240 e. The van der Waals surface area contributed by atoms with Gasteiger partial charge in [-0.15, -0.1) is 0 Å². The first-order chi connectivity index (χ1) is 17.5. The van der Waals surface area contributed by atoms with E-state index in [-0.39, 0.29) is 43.2 Å². The van der Waals surface area contributed by atoms with Crippen LogP contribution in [0.15, 0.2) is 79.0 Å². The zero-order valence-corrected chi connectivity index (χ0v) is 20.3. The van der Waals surface area contributed by atoms with Crippen molar-refractivity contribution in [1.29, 1.82) is 0 Å². The van der Waals surface area contributed by atoms with Crippen molar-refractivity contribution in [3.05, 3.63) is 95.8 Å². The van der Waals surface area contributed by atoms with Gasteiger partial charge in [0.15, 0.2) is 0 Å². The molecule has 0 radical (unpaired) electrons. The van der Waals surface area contributed by atoms with Crippen molar-refractivity contribution in [2.45, 2.75) is 37.2 Å². The number of fused-ring (bicyclic) bond motifs is 1. The summed E-state index contributed by atoms with van der Waals surface area (Å²) in [4.78, 5) is 47.6. The van der Waals surface area contributed by atoms with E-state index in [0.29, 0.717) is 18.5 Å². The second kappa shape index (κ2) is 9.93. The number of pyridine rings is 1. The minimum atomic E-state index is -1.21. The number of likely N-dealkylation sites (tertiary alicyclic amines) is 1. The van der Waals surface area contributed by atoms with Crippen molar-refractivity contribution in [2.75, 3.05) is 20.1 Å². The molecule has 36 heavy (non-hydrogen) atoms. The van der Waals surface area contributed by atoms with Crippen LogP contribution in [0.4, 0.5) is 0 Å². The summed E-state index contributed by atoms with van der Waals surface area (Å²) < 4.78 is 6.01. The van der Waals surface area contributed by atoms with E-state index in [9.17, 15) is 14.4 Å². The fraction of sp³-hybridized carbons (Fsp3) is 0.310. The lowest BCUT2D eigenvalue weighted by Gasteiger charge is -2.30. The highest BCUT2D eigenvalue weighted by Gasteiger charge is 2.53. The summed E-state index contributed by atoms with van der Waals surface area (Å²) in [7, 11) is 1.73. The van der Waals surface area contributed by atoms with Crippen LogP contribution in [0.1, 0.15) is 29.7 Å². The summed E-state index contributed by atoms with van der Waals surface area (Å²) in [5.41, 5.74) is 1.41. The first-order valence-corrected chi connectivity index (χ1v) is 12.2. The fourth-order valence-corrected chi connectivity index (χ4v) is 5.18. The lowest BCUT2D eigenvalue weighted by Crippen LogP contribution is -2.44. The number of hydrogen-bond acceptors (Lipinski definition) is 5. The molecule has 2 atom stereocenters. The van der Waals surface area contributed by atoms with E-state index in [1.807, 2.05) is 72.8 Å². The van der Waals surface area contributed by atoms with E-state index in [0.717, 1.165) is 23.4 Å². The maximum absolute atomic E-state index is 13.8. The number of ether oxygens (including phenoxy) is 1. The average molecular weight is 484 g/mol. The lowest BCUT2D eigenvalue weighted by atomic mass is 9.75. The molecule has 2 aliphatic rings. The van der Waals surface area contributed by atoms with Crippen molar-refractivity contribution >= 4 is 17.7 Å². The molecule has 0 saturated carbocycles. The van der Waals surface area contributed by atoms with E-state index in [1.54, 1.807) is 18.1 Å². The second-order valence-corrected chi connectivity index (χ2v) is 9.55. The number of benzene rings is 2. The number of para-hydroxylation sites is 1. The predicted octanol–water partition coefficient (Wildman–Crippen LogP) is 3.17. The van der Waals surface area contributed by atoms with Gasteiger partial charge in [0, 0.05) is 51.2 Å². The number of carbonyl (C=O) groups is 3. The molecule has 3 amide bonds. The van der Waals surface area contributed by atoms with Crippen LogP contribution in [0.5, 0.6) is 5.75 Å². The van der Waals surface area contributed by atoms with E-state index in [1.165, 1.54) is 4.90 Å². The van der Waals surface area contributed by atoms with Gasteiger partial charge >= 0.3 is 0 Å². The molecule has 1 saturated heterocycles. The predicted molar refractivity (Wildman–Crippen MR) is 134 cm³/mol. The zero-order valence-electron chi connectivity index (χ0n) is 20.3. The monoisotopic (exact) mass is 483 g/mol. The van der Waals surface area contributed by atoms with Crippen LogP contribution < -0.4 is 4.74 Å². The Labute approximate surface area is 210 Å². The van der Waals surface area contributed by atoms with Gasteiger partial charge in [-0.25, -0.2) is 0 Å². The van der Waals surface area contributed by atoms with E-state index in [2.05, 4.69) is 4.98 Å². The standard InChI is InChI=1S/C29H29N3O4/c1-31(20-24-17-21-9-5-6-13-25(21)36-24)26(33)18-29(22-10-3-2-4-11-22)19-27(34)32(28(29)35)16-14-23-12-7-8-15-30-23/h2-13,15,24H,14,16-20H2,1H3/t24-,29-/m1/s1. The topological polar surface area (TPSA) is 79.8 Å². The molecule has 0 unspecified atom stereocenters. The summed E-state index contributed by atoms with van der Waals surface area (Å²) >= 11 is 0. The van der Waals surface area contributed by atoms with Crippen LogP contribution in [-0.4, -0.2) is 58.7 Å². The number of carbonyl (C=O) groups excluding carboxylic acids is 3. The molecule has 7 heteroatoms. The summed E-state index contributed by atoms with van der Waals surface area (Å²) in [5.74, 6) is 0.0843. The molecule has 1 fully saturated rings. The Balaban J connectivity index is 1.32. The largest absolute Gasteiger partial charge is 0.488 e. The second-order valence-electron chi connectivity index (χ2n) is 9.55. The third-order valence-corrected chi connectivity index (χ3v) is 7.12. The average Bonchev–Trinajstić information content (AvgIpc) is 3.41. The number of rotatable bonds is 8. The van der Waals surface area contributed by atoms with Gasteiger partial charge in [-0.1, -0.05) is 54.6 Å². The number of aromatic nitrogens is 1. The lowest BCUT2D eigenvalue weighted by molar-refractivity contribution is -0.142. The molecule has 1 aromatic heterocycles. The van der Waals surface area contributed by atoms with E-state index >= 15 is 0 Å². The Morgan fingerprint density at radius 2 is 1.81 bits per heavy atom. The number of likely N-dealkylation sites (N-methyl/N-ethyl adjacent to an activating group) is 1. The fourth-order valence-electron chi connectivity index (χ4n) is 5.18. The highest BCUT2D eigenvalue weighted by atomic mass is 16.5. The molecule has 184 valence electrons. The van der Waals surface area contributed by atoms with Crippen molar-refractivity contribution in [3.63, 3.8) is 0 Å². The molecular weight excluding hydrogens is 454 g/mol. The molecule has 0 spiro atoms. The molecular formula is C29H29N3O4. The minimum Gasteiger partial charge on any atom is -0.488 e. The first kappa shape index (κ1) is 23.7. The third-order valence-electron chi connectivity index (χ3n) is 7.12. The van der Waals surface area contributed by atoms with Gasteiger partial charge in [0.2, 0.25) is 17.7 Å². The van der Waals surface area contributed by atoms with Crippen LogP contribution >= 0.6 is 0 Å². The van der Waals surface area contributed by atoms with Gasteiger partial charge in [-0.3, -0.25) is 24.3 Å². The Kier molecular flexibility index (Phi) is 6.55. The molecule has 0 N–H and O–H groups in total. The summed E-state index contributed by atoms with van der Waals surface area (Å²) in [6.45, 7) is 0.644. The van der Waals surface area contributed by atoms with E-state index in [4.69, 9.17) is 4.74 Å². The summed E-state index contributed by atoms with van der Waals surface area (Å²) in [6.07, 6.45) is 2.66. The molecule has 5 rings (SSSR count). The van der Waals surface area contributed by atoms with Gasteiger partial charge < -0.3 is 9.64 Å². The van der Waals surface area contributed by atoms with E-state index < -0.39 is 5.41 Å². The van der Waals surface area contributed by atoms with Crippen molar-refractivity contribution in [3.8, 4) is 5.75 Å². The van der Waals surface area contributed by atoms with Crippen LogP contribution in [0.2, 0.25) is 0 Å². The number of hydrogen-bond donors (Lipinski definition) is 0. The molecule has 0 bridgehead atoms. The first-order valence-electron chi connectivity index (χ1n) is 12.2. The van der Waals surface area contributed by atoms with Crippen molar-refractivity contribution in [2.24, 2.45) is 0 Å². The number of nitrogens with zero attached hydrogens (tertiary/aromatic N) is 3. The SMILES string of the molecule is CN(C[C@H]1Cc2ccccc2O1)C(=O)C[C@]1(c2ccccc2)CC(=O)N(CCc2ccccn2)C1=O. The molecule has 7 nitrogen and oxygen atoms in total. The van der Waals surface area contributed by atoms with Crippen LogP contribution in [-0.2, 0) is 32.6 Å². The molecule has 2 aliphatic heterocycles. The van der Waals surface area contributed by atoms with Gasteiger partial charge in [-0.2, -0.15) is 0 Å². The normalized spacial score (nSPS) is 20.8. The Hall–Kier alpha value is -4.00. The van der Waals surface area contributed by atoms with Crippen LogP contribution in [0.25, 0.3) is 0 Å². The van der Waals surface area contributed by atoms with Gasteiger partial charge in [0.05, 0.1) is 12.0 Å². The highest BCUT2D eigenvalue weighted by molar-refractivity contribution is 6.10. The minimum absolute atomic E-state index is 0.0248. The number of amides is 3. The zero-order chi connectivity index (χ0) is 25.1. The third kappa shape index (κ3) is 4.61. The number of imide groups is 1. The van der Waals surface area contributed by atoms with Gasteiger partial charge in [0.1, 0.15) is 11.9 Å². The Morgan fingerprint density at radius 3 is 2.56 bits per heavy atom. The summed E-state index contributed by atoms with van der Waals surface area (Å²) in [6, 6.07) is 22.7.